The van der Waals surface area contributed by atoms with Gasteiger partial charge in [0.25, 0.3) is 5.91 Å². The average Bonchev–Trinajstić information content (AvgIpc) is 3.18. The number of halogens is 1. The van der Waals surface area contributed by atoms with Gasteiger partial charge in [0.1, 0.15) is 0 Å². The molecular weight excluding hydrogens is 416 g/mol. The fraction of sp³-hybridized carbons (Fsp3) is 0.417. The molecule has 7 heteroatoms. The molecule has 2 amide bonds. The average molecular weight is 443 g/mol. The number of hydrogen-bond acceptors (Lipinski definition) is 4. The lowest BCUT2D eigenvalue weighted by atomic mass is 10.1. The quantitative estimate of drug-likeness (QED) is 0.722. The molecule has 31 heavy (non-hydrogen) atoms. The molecule has 0 radical (unpaired) electrons. The molecule has 2 aliphatic heterocycles. The Hall–Kier alpha value is -2.73. The van der Waals surface area contributed by atoms with Crippen LogP contribution in [0, 0.1) is 0 Å². The standard InChI is InChI=1S/C24H27ClN2O4/c25-20-6-2-1-5-19(20)24(29)27-12-3-11-26(13-14-27)23(28)10-8-18-7-9-21-22(17-18)31-16-4-15-30-21/h1-2,5-7,9,17H,3-4,8,10-16H2. The Morgan fingerprint density at radius 2 is 1.61 bits per heavy atom. The van der Waals surface area contributed by atoms with Crippen LogP contribution in [-0.4, -0.2) is 61.0 Å². The number of hydrogen-bond donors (Lipinski definition) is 0. The van der Waals surface area contributed by atoms with Crippen molar-refractivity contribution in [1.29, 1.82) is 0 Å². The van der Waals surface area contributed by atoms with Crippen molar-refractivity contribution in [1.82, 2.24) is 9.80 Å². The molecule has 0 aliphatic carbocycles. The summed E-state index contributed by atoms with van der Waals surface area (Å²) in [6.45, 7) is 3.64. The first kappa shape index (κ1) is 21.5. The number of rotatable bonds is 4. The summed E-state index contributed by atoms with van der Waals surface area (Å²) in [5, 5.41) is 0.458. The molecule has 2 aromatic carbocycles. The van der Waals surface area contributed by atoms with Gasteiger partial charge >= 0.3 is 0 Å². The van der Waals surface area contributed by atoms with Gasteiger partial charge in [0.2, 0.25) is 5.91 Å². The maximum Gasteiger partial charge on any atom is 0.255 e. The fourth-order valence-electron chi connectivity index (χ4n) is 3.95. The van der Waals surface area contributed by atoms with Gasteiger partial charge in [-0.05, 0) is 42.7 Å². The molecule has 0 spiro atoms. The summed E-state index contributed by atoms with van der Waals surface area (Å²) in [6.07, 6.45) is 2.70. The lowest BCUT2D eigenvalue weighted by Gasteiger charge is -2.22. The van der Waals surface area contributed by atoms with Crippen molar-refractivity contribution in [2.75, 3.05) is 39.4 Å². The molecule has 0 N–H and O–H groups in total. The number of amides is 2. The molecule has 0 saturated carbocycles. The van der Waals surface area contributed by atoms with Crippen LogP contribution in [0.3, 0.4) is 0 Å². The van der Waals surface area contributed by atoms with E-state index in [1.165, 1.54) is 0 Å². The van der Waals surface area contributed by atoms with Gasteiger partial charge in [-0.1, -0.05) is 29.8 Å². The Morgan fingerprint density at radius 1 is 0.871 bits per heavy atom. The van der Waals surface area contributed by atoms with Crippen LogP contribution in [0.25, 0.3) is 0 Å². The lowest BCUT2D eigenvalue weighted by Crippen LogP contribution is -2.37. The first-order valence-corrected chi connectivity index (χ1v) is 11.2. The van der Waals surface area contributed by atoms with E-state index in [4.69, 9.17) is 21.1 Å². The summed E-state index contributed by atoms with van der Waals surface area (Å²) in [5.41, 5.74) is 1.57. The van der Waals surface area contributed by atoms with E-state index < -0.39 is 0 Å². The Balaban J connectivity index is 1.31. The van der Waals surface area contributed by atoms with E-state index in [1.54, 1.807) is 17.0 Å². The van der Waals surface area contributed by atoms with Gasteiger partial charge < -0.3 is 19.3 Å². The number of benzene rings is 2. The van der Waals surface area contributed by atoms with E-state index in [0.29, 0.717) is 62.8 Å². The van der Waals surface area contributed by atoms with Crippen LogP contribution in [0.15, 0.2) is 42.5 Å². The number of nitrogens with zero attached hydrogens (tertiary/aromatic N) is 2. The van der Waals surface area contributed by atoms with Gasteiger partial charge in [-0.2, -0.15) is 0 Å². The predicted octanol–water partition coefficient (Wildman–Crippen LogP) is 3.81. The third kappa shape index (κ3) is 5.31. The number of aryl methyl sites for hydroxylation is 1. The largest absolute Gasteiger partial charge is 0.490 e. The van der Waals surface area contributed by atoms with Gasteiger partial charge in [-0.3, -0.25) is 9.59 Å². The van der Waals surface area contributed by atoms with E-state index in [1.807, 2.05) is 35.2 Å². The zero-order chi connectivity index (χ0) is 21.6. The first-order chi connectivity index (χ1) is 15.1. The van der Waals surface area contributed by atoms with E-state index in [9.17, 15) is 9.59 Å². The lowest BCUT2D eigenvalue weighted by molar-refractivity contribution is -0.131. The minimum absolute atomic E-state index is 0.0768. The van der Waals surface area contributed by atoms with Crippen molar-refractivity contribution < 1.29 is 19.1 Å². The summed E-state index contributed by atoms with van der Waals surface area (Å²) in [7, 11) is 0. The molecule has 0 atom stereocenters. The summed E-state index contributed by atoms with van der Waals surface area (Å²) in [6, 6.07) is 13.0. The number of carbonyl (C=O) groups excluding carboxylic acids is 2. The molecule has 0 aromatic heterocycles. The predicted molar refractivity (Wildman–Crippen MR) is 119 cm³/mol. The van der Waals surface area contributed by atoms with Crippen LogP contribution in [0.2, 0.25) is 5.02 Å². The van der Waals surface area contributed by atoms with Crippen LogP contribution >= 0.6 is 11.6 Å². The van der Waals surface area contributed by atoms with Gasteiger partial charge in [0, 0.05) is 39.0 Å². The third-order valence-electron chi connectivity index (χ3n) is 5.68. The highest BCUT2D eigenvalue weighted by atomic mass is 35.5. The van der Waals surface area contributed by atoms with Crippen LogP contribution in [-0.2, 0) is 11.2 Å². The summed E-state index contributed by atoms with van der Waals surface area (Å²) in [4.78, 5) is 29.3. The number of carbonyl (C=O) groups is 2. The SMILES string of the molecule is O=C(CCc1ccc2c(c1)OCCCO2)N1CCCN(C(=O)c2ccccc2Cl)CC1. The van der Waals surface area contributed by atoms with Crippen molar-refractivity contribution >= 4 is 23.4 Å². The normalized spacial score (nSPS) is 16.4. The van der Waals surface area contributed by atoms with Crippen molar-refractivity contribution in [3.63, 3.8) is 0 Å². The van der Waals surface area contributed by atoms with Gasteiger partial charge in [0.15, 0.2) is 11.5 Å². The molecule has 164 valence electrons. The smallest absolute Gasteiger partial charge is 0.255 e. The van der Waals surface area contributed by atoms with Crippen molar-refractivity contribution in [2.45, 2.75) is 25.7 Å². The molecular formula is C24H27ClN2O4. The highest BCUT2D eigenvalue weighted by Crippen LogP contribution is 2.30. The van der Waals surface area contributed by atoms with E-state index in [2.05, 4.69) is 0 Å². The van der Waals surface area contributed by atoms with E-state index >= 15 is 0 Å². The molecule has 2 aromatic rings. The first-order valence-electron chi connectivity index (χ1n) is 10.8. The third-order valence-corrected chi connectivity index (χ3v) is 6.01. The number of fused-ring (bicyclic) bond motifs is 1. The van der Waals surface area contributed by atoms with Gasteiger partial charge in [-0.15, -0.1) is 0 Å². The van der Waals surface area contributed by atoms with Crippen molar-refractivity contribution in [3.05, 3.63) is 58.6 Å². The minimum atomic E-state index is -0.0768. The molecule has 2 aliphatic rings. The monoisotopic (exact) mass is 442 g/mol. The Bertz CT molecular complexity index is 949. The molecule has 4 rings (SSSR count). The molecule has 0 unspecified atom stereocenters. The van der Waals surface area contributed by atoms with Crippen LogP contribution in [0.4, 0.5) is 0 Å². The van der Waals surface area contributed by atoms with Crippen molar-refractivity contribution in [3.8, 4) is 11.5 Å². The zero-order valence-corrected chi connectivity index (χ0v) is 18.3. The van der Waals surface area contributed by atoms with Crippen molar-refractivity contribution in [2.24, 2.45) is 0 Å². The van der Waals surface area contributed by atoms with Crippen LogP contribution in [0.1, 0.15) is 35.2 Å². The van der Waals surface area contributed by atoms with Gasteiger partial charge in [0.05, 0.1) is 23.8 Å². The maximum absolute atomic E-state index is 12.8. The summed E-state index contributed by atoms with van der Waals surface area (Å²) in [5.74, 6) is 1.56. The molecule has 2 heterocycles. The van der Waals surface area contributed by atoms with Gasteiger partial charge in [-0.25, -0.2) is 0 Å². The zero-order valence-electron chi connectivity index (χ0n) is 17.5. The second-order valence-electron chi connectivity index (χ2n) is 7.84. The Morgan fingerprint density at radius 3 is 2.45 bits per heavy atom. The van der Waals surface area contributed by atoms with E-state index in [-0.39, 0.29) is 11.8 Å². The summed E-state index contributed by atoms with van der Waals surface area (Å²) >= 11 is 6.18. The number of ether oxygens (including phenoxy) is 2. The fourth-order valence-corrected chi connectivity index (χ4v) is 4.16. The highest BCUT2D eigenvalue weighted by molar-refractivity contribution is 6.33. The summed E-state index contributed by atoms with van der Waals surface area (Å²) < 4.78 is 11.4. The molecule has 1 saturated heterocycles. The topological polar surface area (TPSA) is 59.1 Å². The second-order valence-corrected chi connectivity index (χ2v) is 8.25. The molecule has 1 fully saturated rings. The maximum atomic E-state index is 12.8. The van der Waals surface area contributed by atoms with Crippen LogP contribution in [0.5, 0.6) is 11.5 Å². The van der Waals surface area contributed by atoms with Crippen LogP contribution < -0.4 is 9.47 Å². The Labute approximate surface area is 187 Å². The second kappa shape index (κ2) is 10.1. The highest BCUT2D eigenvalue weighted by Gasteiger charge is 2.24. The Kier molecular flexibility index (Phi) is 6.97. The molecule has 6 nitrogen and oxygen atoms in total. The molecule has 0 bridgehead atoms. The van der Waals surface area contributed by atoms with E-state index in [0.717, 1.165) is 29.9 Å². The minimum Gasteiger partial charge on any atom is -0.490 e.